The Labute approximate surface area is 167 Å². The van der Waals surface area contributed by atoms with Crippen molar-refractivity contribution < 1.29 is 24.3 Å². The summed E-state index contributed by atoms with van der Waals surface area (Å²) in [5.74, 6) is -3.34. The Bertz CT molecular complexity index is 565. The highest BCUT2D eigenvalue weighted by Gasteiger charge is 2.31. The highest BCUT2D eigenvalue weighted by atomic mass is 16.4. The minimum atomic E-state index is -1.14. The number of carbonyl (C=O) groups excluding carboxylic acids is 3. The Hall–Kier alpha value is -2.16. The zero-order valence-corrected chi connectivity index (χ0v) is 17.9. The number of amides is 3. The van der Waals surface area contributed by atoms with Crippen LogP contribution < -0.4 is 21.7 Å². The van der Waals surface area contributed by atoms with Crippen LogP contribution in [0.4, 0.5) is 0 Å². The molecule has 5 unspecified atom stereocenters. The first-order chi connectivity index (χ1) is 12.8. The highest BCUT2D eigenvalue weighted by molar-refractivity contribution is 5.94. The Kier molecular flexibility index (Phi) is 10.7. The summed E-state index contributed by atoms with van der Waals surface area (Å²) in [5, 5.41) is 16.8. The predicted molar refractivity (Wildman–Crippen MR) is 106 cm³/mol. The first kappa shape index (κ1) is 25.8. The summed E-state index contributed by atoms with van der Waals surface area (Å²) in [4.78, 5) is 48.4. The zero-order valence-electron chi connectivity index (χ0n) is 17.9. The van der Waals surface area contributed by atoms with Crippen molar-refractivity contribution in [3.05, 3.63) is 0 Å². The molecule has 9 heteroatoms. The highest BCUT2D eigenvalue weighted by Crippen LogP contribution is 2.08. The summed E-state index contributed by atoms with van der Waals surface area (Å²) in [5.41, 5.74) is 5.87. The monoisotopic (exact) mass is 400 g/mol. The van der Waals surface area contributed by atoms with E-state index in [1.54, 1.807) is 27.7 Å². The molecule has 0 aromatic heterocycles. The first-order valence-electron chi connectivity index (χ1n) is 9.72. The minimum absolute atomic E-state index is 0.0339. The van der Waals surface area contributed by atoms with Crippen molar-refractivity contribution in [1.82, 2.24) is 16.0 Å². The molecule has 0 rings (SSSR count). The summed E-state index contributed by atoms with van der Waals surface area (Å²) >= 11 is 0. The van der Waals surface area contributed by atoms with E-state index in [0.717, 1.165) is 6.42 Å². The second kappa shape index (κ2) is 11.6. The number of nitrogens with two attached hydrogens (primary N) is 1. The number of nitrogens with one attached hydrogen (secondary N) is 3. The van der Waals surface area contributed by atoms with Crippen molar-refractivity contribution in [2.75, 3.05) is 0 Å². The maximum atomic E-state index is 12.5. The minimum Gasteiger partial charge on any atom is -0.480 e. The van der Waals surface area contributed by atoms with Gasteiger partial charge in [-0.1, -0.05) is 48.0 Å². The van der Waals surface area contributed by atoms with Crippen molar-refractivity contribution in [3.8, 4) is 0 Å². The van der Waals surface area contributed by atoms with Gasteiger partial charge in [-0.25, -0.2) is 4.79 Å². The third kappa shape index (κ3) is 7.84. The molecule has 0 heterocycles. The number of rotatable bonds is 11. The van der Waals surface area contributed by atoms with Crippen molar-refractivity contribution in [3.63, 3.8) is 0 Å². The Morgan fingerprint density at radius 3 is 1.64 bits per heavy atom. The van der Waals surface area contributed by atoms with Crippen molar-refractivity contribution in [2.45, 2.75) is 79.1 Å². The molecule has 0 aliphatic heterocycles. The Morgan fingerprint density at radius 1 is 0.786 bits per heavy atom. The van der Waals surface area contributed by atoms with E-state index in [-0.39, 0.29) is 17.8 Å². The van der Waals surface area contributed by atoms with Crippen LogP contribution in [-0.4, -0.2) is 53.0 Å². The number of hydrogen-bond donors (Lipinski definition) is 5. The molecule has 0 fully saturated rings. The number of hydrogen-bond acceptors (Lipinski definition) is 5. The van der Waals surface area contributed by atoms with Crippen LogP contribution in [0.2, 0.25) is 0 Å². The van der Waals surface area contributed by atoms with Crippen molar-refractivity contribution in [2.24, 2.45) is 23.5 Å². The van der Waals surface area contributed by atoms with E-state index in [2.05, 4.69) is 16.0 Å². The van der Waals surface area contributed by atoms with Gasteiger partial charge >= 0.3 is 5.97 Å². The van der Waals surface area contributed by atoms with Gasteiger partial charge in [-0.2, -0.15) is 0 Å². The van der Waals surface area contributed by atoms with E-state index < -0.39 is 47.9 Å². The van der Waals surface area contributed by atoms with Gasteiger partial charge in [0.15, 0.2) is 0 Å². The predicted octanol–water partition coefficient (Wildman–Crippen LogP) is 0.231. The van der Waals surface area contributed by atoms with Gasteiger partial charge in [0.2, 0.25) is 17.7 Å². The normalized spacial score (nSPS) is 16.6. The van der Waals surface area contributed by atoms with Crippen LogP contribution in [0.25, 0.3) is 0 Å². The first-order valence-corrected chi connectivity index (χ1v) is 9.72. The van der Waals surface area contributed by atoms with Crippen LogP contribution in [-0.2, 0) is 19.2 Å². The molecule has 0 aliphatic carbocycles. The molecule has 0 spiro atoms. The van der Waals surface area contributed by atoms with Gasteiger partial charge in [0, 0.05) is 0 Å². The molecule has 0 aliphatic rings. The third-order valence-corrected chi connectivity index (χ3v) is 4.79. The van der Waals surface area contributed by atoms with E-state index in [0.29, 0.717) is 0 Å². The molecule has 0 aromatic carbocycles. The maximum Gasteiger partial charge on any atom is 0.326 e. The van der Waals surface area contributed by atoms with Crippen LogP contribution in [0.3, 0.4) is 0 Å². The molecule has 28 heavy (non-hydrogen) atoms. The molecule has 0 saturated carbocycles. The summed E-state index contributed by atoms with van der Waals surface area (Å²) < 4.78 is 0. The summed E-state index contributed by atoms with van der Waals surface area (Å²) in [6, 6.07) is -3.61. The molecule has 0 bridgehead atoms. The van der Waals surface area contributed by atoms with E-state index in [4.69, 9.17) is 5.73 Å². The third-order valence-electron chi connectivity index (χ3n) is 4.79. The standard InChI is InChI=1S/C19H36N4O5/c1-8-11(6)13(20)17(25)21-12(7)16(24)22-14(9(2)3)18(26)23-15(10(4)5)19(27)28/h9-15H,8,20H2,1-7H3,(H,21,25)(H,22,24)(H,23,26)(H,27,28). The van der Waals surface area contributed by atoms with E-state index in [9.17, 15) is 24.3 Å². The van der Waals surface area contributed by atoms with Crippen LogP contribution in [0.1, 0.15) is 54.9 Å². The zero-order chi connectivity index (χ0) is 22.2. The van der Waals surface area contributed by atoms with E-state index in [1.807, 2.05) is 13.8 Å². The fraction of sp³-hybridized carbons (Fsp3) is 0.789. The van der Waals surface area contributed by atoms with Gasteiger partial charge in [0.1, 0.15) is 18.1 Å². The lowest BCUT2D eigenvalue weighted by molar-refractivity contribution is -0.143. The molecule has 0 aromatic rings. The van der Waals surface area contributed by atoms with Gasteiger partial charge in [-0.05, 0) is 24.7 Å². The quantitative estimate of drug-likeness (QED) is 0.335. The fourth-order valence-corrected chi connectivity index (χ4v) is 2.46. The SMILES string of the molecule is CCC(C)C(N)C(=O)NC(C)C(=O)NC(C(=O)NC(C(=O)O)C(C)C)C(C)C. The van der Waals surface area contributed by atoms with Crippen LogP contribution in [0.15, 0.2) is 0 Å². The second-order valence-corrected chi connectivity index (χ2v) is 7.94. The molecule has 3 amide bonds. The lowest BCUT2D eigenvalue weighted by atomic mass is 9.99. The molecule has 0 radical (unpaired) electrons. The van der Waals surface area contributed by atoms with Gasteiger partial charge < -0.3 is 26.8 Å². The molecule has 5 atom stereocenters. The number of carbonyl (C=O) groups is 4. The topological polar surface area (TPSA) is 151 Å². The molecule has 162 valence electrons. The fourth-order valence-electron chi connectivity index (χ4n) is 2.46. The van der Waals surface area contributed by atoms with Gasteiger partial charge in [-0.3, -0.25) is 14.4 Å². The molecular formula is C19H36N4O5. The Morgan fingerprint density at radius 2 is 1.25 bits per heavy atom. The maximum absolute atomic E-state index is 12.5. The summed E-state index contributed by atoms with van der Waals surface area (Å²) in [6.45, 7) is 12.1. The van der Waals surface area contributed by atoms with E-state index in [1.165, 1.54) is 6.92 Å². The molecule has 6 N–H and O–H groups in total. The van der Waals surface area contributed by atoms with Crippen LogP contribution in [0.5, 0.6) is 0 Å². The molecule has 0 saturated heterocycles. The van der Waals surface area contributed by atoms with Crippen molar-refractivity contribution in [1.29, 1.82) is 0 Å². The summed E-state index contributed by atoms with van der Waals surface area (Å²) in [7, 11) is 0. The lowest BCUT2D eigenvalue weighted by Gasteiger charge is -2.27. The van der Waals surface area contributed by atoms with Crippen LogP contribution >= 0.6 is 0 Å². The summed E-state index contributed by atoms with van der Waals surface area (Å²) in [6.07, 6.45) is 0.728. The van der Waals surface area contributed by atoms with Gasteiger partial charge in [0.25, 0.3) is 0 Å². The lowest BCUT2D eigenvalue weighted by Crippen LogP contribution is -2.58. The Balaban J connectivity index is 5.04. The molecule has 9 nitrogen and oxygen atoms in total. The van der Waals surface area contributed by atoms with Crippen molar-refractivity contribution >= 4 is 23.7 Å². The molecular weight excluding hydrogens is 364 g/mol. The van der Waals surface area contributed by atoms with Crippen LogP contribution in [0, 0.1) is 17.8 Å². The smallest absolute Gasteiger partial charge is 0.326 e. The number of aliphatic carboxylic acids is 1. The van der Waals surface area contributed by atoms with Gasteiger partial charge in [0.05, 0.1) is 6.04 Å². The number of carboxylic acids is 1. The number of carboxylic acid groups (broad SMARTS) is 1. The average Bonchev–Trinajstić information content (AvgIpc) is 2.61. The second-order valence-electron chi connectivity index (χ2n) is 7.94. The van der Waals surface area contributed by atoms with E-state index >= 15 is 0 Å². The van der Waals surface area contributed by atoms with Gasteiger partial charge in [-0.15, -0.1) is 0 Å². The average molecular weight is 401 g/mol. The largest absolute Gasteiger partial charge is 0.480 e.